The second-order valence-electron chi connectivity index (χ2n) is 5.54. The number of amides is 1. The van der Waals surface area contributed by atoms with E-state index in [1.165, 1.54) is 0 Å². The number of nitrogens with two attached hydrogens (primary N) is 1. The molecule has 0 aliphatic carbocycles. The van der Waals surface area contributed by atoms with Gasteiger partial charge in [0.05, 0.1) is 5.92 Å². The number of carbonyl (C=O) groups excluding carboxylic acids is 1. The molecule has 0 aromatic heterocycles. The molecule has 3 nitrogen and oxygen atoms in total. The standard InChI is InChI=1S/C16H24N2O/c1-3-13-11-18(10-9-15(13)17)16(19)12(2)14-7-5-4-6-8-14/h4-8,12-13,15H,3,9-11,17H2,1-2H3. The Hall–Kier alpha value is -1.35. The zero-order valence-electron chi connectivity index (χ0n) is 11.9. The summed E-state index contributed by atoms with van der Waals surface area (Å²) in [5.41, 5.74) is 7.19. The lowest BCUT2D eigenvalue weighted by molar-refractivity contribution is -0.134. The topological polar surface area (TPSA) is 46.3 Å². The van der Waals surface area contributed by atoms with Crippen LogP contribution in [0.25, 0.3) is 0 Å². The third-order valence-corrected chi connectivity index (χ3v) is 4.30. The first-order chi connectivity index (χ1) is 9.13. The first kappa shape index (κ1) is 14.1. The summed E-state index contributed by atoms with van der Waals surface area (Å²) in [4.78, 5) is 14.5. The van der Waals surface area contributed by atoms with Crippen molar-refractivity contribution < 1.29 is 4.79 Å². The molecule has 3 heteroatoms. The summed E-state index contributed by atoms with van der Waals surface area (Å²) in [5.74, 6) is 0.616. The molecule has 1 aromatic rings. The summed E-state index contributed by atoms with van der Waals surface area (Å²) in [7, 11) is 0. The fourth-order valence-electron chi connectivity index (χ4n) is 2.84. The largest absolute Gasteiger partial charge is 0.342 e. The normalized spacial score (nSPS) is 25.1. The highest BCUT2D eigenvalue weighted by Crippen LogP contribution is 2.23. The fourth-order valence-corrected chi connectivity index (χ4v) is 2.84. The van der Waals surface area contributed by atoms with Crippen LogP contribution in [0.1, 0.15) is 38.2 Å². The highest BCUT2D eigenvalue weighted by atomic mass is 16.2. The zero-order valence-corrected chi connectivity index (χ0v) is 11.9. The Balaban J connectivity index is 2.04. The highest BCUT2D eigenvalue weighted by molar-refractivity contribution is 5.83. The minimum Gasteiger partial charge on any atom is -0.342 e. The van der Waals surface area contributed by atoms with Gasteiger partial charge in [-0.3, -0.25) is 4.79 Å². The maximum absolute atomic E-state index is 12.6. The molecule has 1 amide bonds. The average Bonchev–Trinajstić information content (AvgIpc) is 2.47. The number of rotatable bonds is 3. The molecule has 3 atom stereocenters. The lowest BCUT2D eigenvalue weighted by atomic mass is 9.89. The van der Waals surface area contributed by atoms with Gasteiger partial charge in [-0.05, 0) is 24.8 Å². The van der Waals surface area contributed by atoms with E-state index in [9.17, 15) is 4.79 Å². The molecule has 0 saturated carbocycles. The monoisotopic (exact) mass is 260 g/mol. The van der Waals surface area contributed by atoms with Crippen molar-refractivity contribution in [3.05, 3.63) is 35.9 Å². The lowest BCUT2D eigenvalue weighted by Crippen LogP contribution is -2.49. The van der Waals surface area contributed by atoms with Crippen molar-refractivity contribution in [3.8, 4) is 0 Å². The summed E-state index contributed by atoms with van der Waals surface area (Å²) in [6.45, 7) is 5.76. The number of hydrogen-bond acceptors (Lipinski definition) is 2. The van der Waals surface area contributed by atoms with Crippen LogP contribution in [0.3, 0.4) is 0 Å². The lowest BCUT2D eigenvalue weighted by Gasteiger charge is -2.37. The molecule has 1 heterocycles. The Morgan fingerprint density at radius 2 is 2.11 bits per heavy atom. The molecular formula is C16H24N2O. The van der Waals surface area contributed by atoms with Crippen molar-refractivity contribution in [2.45, 2.75) is 38.6 Å². The second-order valence-corrected chi connectivity index (χ2v) is 5.54. The van der Waals surface area contributed by atoms with Crippen molar-refractivity contribution in [1.29, 1.82) is 0 Å². The number of piperidine rings is 1. The second kappa shape index (κ2) is 6.20. The maximum Gasteiger partial charge on any atom is 0.229 e. The van der Waals surface area contributed by atoms with E-state index in [4.69, 9.17) is 5.73 Å². The Labute approximate surface area is 115 Å². The molecule has 1 aliphatic rings. The predicted molar refractivity (Wildman–Crippen MR) is 77.8 cm³/mol. The van der Waals surface area contributed by atoms with Gasteiger partial charge in [0.2, 0.25) is 5.91 Å². The molecule has 3 unspecified atom stereocenters. The van der Waals surface area contributed by atoms with Crippen molar-refractivity contribution in [3.63, 3.8) is 0 Å². The molecule has 2 rings (SSSR count). The van der Waals surface area contributed by atoms with Crippen LogP contribution in [0.2, 0.25) is 0 Å². The van der Waals surface area contributed by atoms with Gasteiger partial charge < -0.3 is 10.6 Å². The average molecular weight is 260 g/mol. The van der Waals surface area contributed by atoms with Gasteiger partial charge in [-0.15, -0.1) is 0 Å². The molecule has 1 fully saturated rings. The van der Waals surface area contributed by atoms with Crippen LogP contribution in [0, 0.1) is 5.92 Å². The summed E-state index contributed by atoms with van der Waals surface area (Å²) < 4.78 is 0. The van der Waals surface area contributed by atoms with Crippen LogP contribution in [-0.2, 0) is 4.79 Å². The molecule has 0 bridgehead atoms. The van der Waals surface area contributed by atoms with Crippen LogP contribution < -0.4 is 5.73 Å². The van der Waals surface area contributed by atoms with Gasteiger partial charge in [0.15, 0.2) is 0 Å². The van der Waals surface area contributed by atoms with Crippen LogP contribution in [0.4, 0.5) is 0 Å². The van der Waals surface area contributed by atoms with Gasteiger partial charge in [0.25, 0.3) is 0 Å². The Morgan fingerprint density at radius 3 is 2.74 bits per heavy atom. The van der Waals surface area contributed by atoms with Gasteiger partial charge in [-0.25, -0.2) is 0 Å². The van der Waals surface area contributed by atoms with E-state index in [0.29, 0.717) is 5.92 Å². The highest BCUT2D eigenvalue weighted by Gasteiger charge is 2.30. The van der Waals surface area contributed by atoms with Crippen LogP contribution in [-0.4, -0.2) is 29.9 Å². The van der Waals surface area contributed by atoms with Gasteiger partial charge in [-0.1, -0.05) is 43.7 Å². The Morgan fingerprint density at radius 1 is 1.42 bits per heavy atom. The minimum atomic E-state index is -0.0620. The fraction of sp³-hybridized carbons (Fsp3) is 0.562. The smallest absolute Gasteiger partial charge is 0.229 e. The molecule has 1 saturated heterocycles. The molecule has 2 N–H and O–H groups in total. The molecule has 0 radical (unpaired) electrons. The van der Waals surface area contributed by atoms with Crippen molar-refractivity contribution in [2.75, 3.05) is 13.1 Å². The molecule has 104 valence electrons. The van der Waals surface area contributed by atoms with E-state index in [1.54, 1.807) is 0 Å². The Bertz CT molecular complexity index is 418. The van der Waals surface area contributed by atoms with E-state index < -0.39 is 0 Å². The first-order valence-corrected chi connectivity index (χ1v) is 7.22. The summed E-state index contributed by atoms with van der Waals surface area (Å²) in [6.07, 6.45) is 1.97. The van der Waals surface area contributed by atoms with Crippen LogP contribution in [0.5, 0.6) is 0 Å². The molecule has 1 aromatic carbocycles. The van der Waals surface area contributed by atoms with E-state index in [2.05, 4.69) is 6.92 Å². The summed E-state index contributed by atoms with van der Waals surface area (Å²) >= 11 is 0. The van der Waals surface area contributed by atoms with Gasteiger partial charge in [0.1, 0.15) is 0 Å². The summed E-state index contributed by atoms with van der Waals surface area (Å²) in [5, 5.41) is 0. The van der Waals surface area contributed by atoms with E-state index in [0.717, 1.165) is 31.5 Å². The molecule has 0 spiro atoms. The van der Waals surface area contributed by atoms with Crippen molar-refractivity contribution >= 4 is 5.91 Å². The third-order valence-electron chi connectivity index (χ3n) is 4.30. The zero-order chi connectivity index (χ0) is 13.8. The number of nitrogens with zero attached hydrogens (tertiary/aromatic N) is 1. The summed E-state index contributed by atoms with van der Waals surface area (Å²) in [6, 6.07) is 10.2. The molecule has 1 aliphatic heterocycles. The minimum absolute atomic E-state index is 0.0620. The molecular weight excluding hydrogens is 236 g/mol. The van der Waals surface area contributed by atoms with Crippen LogP contribution >= 0.6 is 0 Å². The van der Waals surface area contributed by atoms with E-state index in [1.807, 2.05) is 42.2 Å². The van der Waals surface area contributed by atoms with E-state index in [-0.39, 0.29) is 17.9 Å². The SMILES string of the molecule is CCC1CN(C(=O)C(C)c2ccccc2)CCC1N. The predicted octanol–water partition coefficient (Wildman–Crippen LogP) is 2.38. The Kier molecular flexibility index (Phi) is 4.59. The first-order valence-electron chi connectivity index (χ1n) is 7.22. The van der Waals surface area contributed by atoms with Gasteiger partial charge in [0, 0.05) is 19.1 Å². The number of benzene rings is 1. The van der Waals surface area contributed by atoms with Crippen molar-refractivity contribution in [2.24, 2.45) is 11.7 Å². The van der Waals surface area contributed by atoms with Crippen LogP contribution in [0.15, 0.2) is 30.3 Å². The van der Waals surface area contributed by atoms with Gasteiger partial charge >= 0.3 is 0 Å². The van der Waals surface area contributed by atoms with Crippen molar-refractivity contribution in [1.82, 2.24) is 4.90 Å². The number of likely N-dealkylation sites (tertiary alicyclic amines) is 1. The van der Waals surface area contributed by atoms with E-state index >= 15 is 0 Å². The third kappa shape index (κ3) is 3.16. The number of hydrogen-bond donors (Lipinski definition) is 1. The quantitative estimate of drug-likeness (QED) is 0.907. The maximum atomic E-state index is 12.6. The van der Waals surface area contributed by atoms with Gasteiger partial charge in [-0.2, -0.15) is 0 Å². The number of carbonyl (C=O) groups is 1. The molecule has 19 heavy (non-hydrogen) atoms.